The van der Waals surface area contributed by atoms with Gasteiger partial charge in [0.05, 0.1) is 69.1 Å². The van der Waals surface area contributed by atoms with Crippen molar-refractivity contribution in [1.82, 2.24) is 49.8 Å². The molecule has 91 heavy (non-hydrogen) atoms. The number of carbonyl (C=O) groups is 5. The van der Waals surface area contributed by atoms with Crippen molar-refractivity contribution in [3.63, 3.8) is 0 Å². The van der Waals surface area contributed by atoms with E-state index in [0.717, 1.165) is 132 Å². The van der Waals surface area contributed by atoms with Crippen LogP contribution in [-0.4, -0.2) is 190 Å². The molecule has 2 aliphatic rings. The lowest BCUT2D eigenvalue weighted by atomic mass is 9.89. The van der Waals surface area contributed by atoms with Crippen molar-refractivity contribution in [1.29, 1.82) is 0 Å². The molecule has 0 radical (unpaired) electrons. The lowest BCUT2D eigenvalue weighted by molar-refractivity contribution is -0.138. The van der Waals surface area contributed by atoms with E-state index in [2.05, 4.69) is 75.2 Å². The Balaban J connectivity index is 0.000000265. The van der Waals surface area contributed by atoms with Gasteiger partial charge in [0.1, 0.15) is 34.6 Å². The van der Waals surface area contributed by atoms with Gasteiger partial charge in [-0.25, -0.2) is 0 Å². The molecule has 2 N–H and O–H groups in total. The Morgan fingerprint density at radius 1 is 0.495 bits per heavy atom. The van der Waals surface area contributed by atoms with Gasteiger partial charge in [-0.05, 0) is 196 Å². The van der Waals surface area contributed by atoms with Gasteiger partial charge >= 0.3 is 5.97 Å². The minimum Gasteiger partial charge on any atom is -0.496 e. The number of aliphatic carboxylic acids is 1. The maximum Gasteiger partial charge on any atom is 0.317 e. The number of likely N-dealkylation sites (tertiary alicyclic amines) is 2. The zero-order valence-corrected chi connectivity index (χ0v) is 56.0. The number of carboxylic acid groups (broad SMARTS) is 1. The van der Waals surface area contributed by atoms with Crippen LogP contribution in [0.1, 0.15) is 118 Å². The second-order valence-electron chi connectivity index (χ2n) is 22.8. The molecule has 0 aliphatic carbocycles. The quantitative estimate of drug-likeness (QED) is 0.0377. The van der Waals surface area contributed by atoms with Gasteiger partial charge in [-0.3, -0.25) is 58.6 Å². The van der Waals surface area contributed by atoms with E-state index in [1.165, 1.54) is 30.9 Å². The van der Waals surface area contributed by atoms with Gasteiger partial charge < -0.3 is 29.7 Å². The van der Waals surface area contributed by atoms with Crippen molar-refractivity contribution in [2.45, 2.75) is 111 Å². The zero-order valence-electron chi connectivity index (χ0n) is 54.5. The molecule has 2 aromatic carbocycles. The first-order valence-electron chi connectivity index (χ1n) is 31.6. The van der Waals surface area contributed by atoms with Crippen molar-refractivity contribution in [3.05, 3.63) is 180 Å². The number of para-hydroxylation sites is 2. The summed E-state index contributed by atoms with van der Waals surface area (Å²) in [6, 6.07) is 40.0. The molecule has 2 fully saturated rings. The number of methoxy groups -OCH3 is 2. The minimum absolute atomic E-state index is 0.0201. The zero-order chi connectivity index (χ0) is 65.9. The lowest BCUT2D eigenvalue weighted by Crippen LogP contribution is -2.36. The van der Waals surface area contributed by atoms with E-state index in [1.807, 2.05) is 102 Å². The standard InChI is InChI=1S/C24H33N3O2.C23H31N3O3.C12H17ClN2O.C9H12N2O.C3H5ClO/c1-20(28)18-27(19-22-8-5-6-13-25-22)15-7-14-26-16-11-21(12-17-26)23-9-3-4-10-24(23)29-2;1-29-22-9-3-2-8-21(22)19-10-15-25(16-11-19)13-6-14-26(18-23(27)28)17-20-7-4-5-12-24-20;1-11(16)9-15(8-4-6-13)10-12-5-2-3-7-14-12;1-8(12)6-10-7-9-4-2-3-5-11-9;1-3(5)2-4/h3-6,8-10,13,21H,7,11-12,14-19H2,1-2H3;2-5,7-9,12,19H,6,10-11,13-18H2,1H3,(H,27,28);2-3,5,7H,4,6,8-10H2,1H3;2-5,10H,6-7H2,1H3;2H2,1H3. The summed E-state index contributed by atoms with van der Waals surface area (Å²) in [5, 5.41) is 12.2. The summed E-state index contributed by atoms with van der Waals surface area (Å²) in [6.07, 6.45) is 14.6. The van der Waals surface area contributed by atoms with Crippen molar-refractivity contribution in [3.8, 4) is 11.5 Å². The van der Waals surface area contributed by atoms with Crippen molar-refractivity contribution in [2.24, 2.45) is 0 Å². The third-order valence-electron chi connectivity index (χ3n) is 15.0. The molecule has 0 unspecified atom stereocenters. The molecule has 0 spiro atoms. The number of benzene rings is 2. The molecule has 0 atom stereocenters. The summed E-state index contributed by atoms with van der Waals surface area (Å²) in [5.41, 5.74) is 6.53. The second-order valence-corrected chi connectivity index (χ2v) is 23.5. The van der Waals surface area contributed by atoms with Crippen LogP contribution in [0.25, 0.3) is 0 Å². The number of halogens is 2. The summed E-state index contributed by atoms with van der Waals surface area (Å²) in [5.74, 6) is 3.65. The number of hydrogen-bond acceptors (Lipinski definition) is 17. The third-order valence-corrected chi connectivity index (χ3v) is 15.7. The smallest absolute Gasteiger partial charge is 0.317 e. The van der Waals surface area contributed by atoms with E-state index in [-0.39, 0.29) is 35.6 Å². The summed E-state index contributed by atoms with van der Waals surface area (Å²) in [6.45, 7) is 19.3. The van der Waals surface area contributed by atoms with Crippen molar-refractivity contribution < 1.29 is 38.6 Å². The average molecular weight is 1290 g/mol. The van der Waals surface area contributed by atoms with Crippen LogP contribution in [0.15, 0.2) is 146 Å². The van der Waals surface area contributed by atoms with Crippen LogP contribution in [0.5, 0.6) is 11.5 Å². The molecule has 4 aromatic heterocycles. The first kappa shape index (κ1) is 76.6. The fourth-order valence-electron chi connectivity index (χ4n) is 10.8. The molecule has 0 bridgehead atoms. The highest BCUT2D eigenvalue weighted by Crippen LogP contribution is 2.35. The van der Waals surface area contributed by atoms with Gasteiger partial charge in [-0.15, -0.1) is 23.2 Å². The molecule has 494 valence electrons. The molecule has 6 aromatic rings. The maximum atomic E-state index is 11.6. The first-order valence-corrected chi connectivity index (χ1v) is 32.7. The van der Waals surface area contributed by atoms with Gasteiger partial charge in [0, 0.05) is 76.5 Å². The number of aromatic nitrogens is 4. The summed E-state index contributed by atoms with van der Waals surface area (Å²) in [7, 11) is 3.49. The molecule has 0 amide bonds. The minimum atomic E-state index is -0.793. The second kappa shape index (κ2) is 46.2. The SMILES string of the molecule is CC(=O)CCl.CC(=O)CN(CCCCl)Cc1ccccn1.CC(=O)CNCc1ccccn1.COc1ccccc1C1CCN(CCCN(CC(=O)O)Cc2ccccn2)CC1.COc1ccccc1C1CCN(CCCN(CC(C)=O)Cc2ccccn2)CC1. The predicted molar refractivity (Wildman–Crippen MR) is 363 cm³/mol. The van der Waals surface area contributed by atoms with Crippen LogP contribution in [0.3, 0.4) is 0 Å². The number of carboxylic acids is 1. The van der Waals surface area contributed by atoms with Crippen LogP contribution in [0.2, 0.25) is 0 Å². The van der Waals surface area contributed by atoms with E-state index in [4.69, 9.17) is 32.7 Å². The number of ether oxygens (including phenoxy) is 2. The molecule has 20 heteroatoms. The van der Waals surface area contributed by atoms with Crippen LogP contribution >= 0.6 is 23.2 Å². The molecule has 0 saturated carbocycles. The molecular formula is C71H98Cl2N10O8. The Morgan fingerprint density at radius 3 is 1.16 bits per heavy atom. The fraction of sp³-hybridized carbons (Fsp3) is 0.479. The van der Waals surface area contributed by atoms with E-state index in [1.54, 1.807) is 53.6 Å². The molecule has 6 heterocycles. The Kier molecular flexibility index (Phi) is 38.9. The van der Waals surface area contributed by atoms with Gasteiger partial charge in [-0.2, -0.15) is 0 Å². The van der Waals surface area contributed by atoms with Crippen LogP contribution in [-0.2, 0) is 50.2 Å². The Bertz CT molecular complexity index is 2810. The number of hydrogen-bond donors (Lipinski definition) is 2. The lowest BCUT2D eigenvalue weighted by Gasteiger charge is -2.33. The monoisotopic (exact) mass is 1290 g/mol. The van der Waals surface area contributed by atoms with Crippen molar-refractivity contribution >= 4 is 52.3 Å². The van der Waals surface area contributed by atoms with Gasteiger partial charge in [0.2, 0.25) is 0 Å². The largest absolute Gasteiger partial charge is 0.496 e. The highest BCUT2D eigenvalue weighted by molar-refractivity contribution is 6.27. The predicted octanol–water partition coefficient (Wildman–Crippen LogP) is 10.7. The van der Waals surface area contributed by atoms with E-state index < -0.39 is 5.97 Å². The Labute approximate surface area is 551 Å². The van der Waals surface area contributed by atoms with E-state index in [9.17, 15) is 29.1 Å². The van der Waals surface area contributed by atoms with Crippen LogP contribution in [0.4, 0.5) is 0 Å². The molecule has 2 aliphatic heterocycles. The number of alkyl halides is 2. The number of Topliss-reactive ketones (excluding diaryl/α,β-unsaturated/α-hetero) is 4. The van der Waals surface area contributed by atoms with Crippen molar-refractivity contribution in [2.75, 3.05) is 111 Å². The molecule has 18 nitrogen and oxygen atoms in total. The normalized spacial score (nSPS) is 13.5. The van der Waals surface area contributed by atoms with Crippen LogP contribution in [0, 0.1) is 0 Å². The number of rotatable bonds is 32. The number of carbonyl (C=O) groups excluding carboxylic acids is 4. The molecule has 8 rings (SSSR count). The van der Waals surface area contributed by atoms with Gasteiger partial charge in [0.25, 0.3) is 0 Å². The number of nitrogens with zero attached hydrogens (tertiary/aromatic N) is 9. The van der Waals surface area contributed by atoms with E-state index >= 15 is 0 Å². The molecular weight excluding hydrogens is 1190 g/mol. The third kappa shape index (κ3) is 33.9. The first-order chi connectivity index (χ1) is 44.1. The van der Waals surface area contributed by atoms with Gasteiger partial charge in [0.15, 0.2) is 0 Å². The number of piperidine rings is 2. The van der Waals surface area contributed by atoms with Crippen LogP contribution < -0.4 is 14.8 Å². The fourth-order valence-corrected chi connectivity index (χ4v) is 10.9. The highest BCUT2D eigenvalue weighted by atomic mass is 35.5. The highest BCUT2D eigenvalue weighted by Gasteiger charge is 2.25. The Morgan fingerprint density at radius 2 is 0.846 bits per heavy atom. The summed E-state index contributed by atoms with van der Waals surface area (Å²) in [4.78, 5) is 82.6. The molecule has 2 saturated heterocycles. The maximum absolute atomic E-state index is 11.6. The number of pyridine rings is 4. The summed E-state index contributed by atoms with van der Waals surface area (Å²) >= 11 is 10.6. The van der Waals surface area contributed by atoms with E-state index in [0.29, 0.717) is 57.0 Å². The average Bonchev–Trinajstić information content (AvgIpc) is 2.19. The van der Waals surface area contributed by atoms with Gasteiger partial charge in [-0.1, -0.05) is 60.7 Å². The summed E-state index contributed by atoms with van der Waals surface area (Å²) < 4.78 is 11.1. The topological polar surface area (TPSA) is 204 Å². The number of ketones is 4. The number of nitrogens with one attached hydrogen (secondary N) is 1. The Hall–Kier alpha value is -6.87.